The number of piperidine rings is 1. The minimum atomic E-state index is -3.31. The van der Waals surface area contributed by atoms with Crippen LogP contribution in [-0.4, -0.2) is 70.8 Å². The molecular weight excluding hydrogens is 406 g/mol. The van der Waals surface area contributed by atoms with Crippen molar-refractivity contribution in [3.63, 3.8) is 0 Å². The standard InChI is InChI=1S/C20H29N5O4S/c1-13-12-14(2)25-19(21-13)18(15(3)23-25)20(26)22-16-4-8-24(9-5-16)30(27,28)17-6-10-29-11-7-17/h12,16-17H,4-11H2,1-3H3,(H,22,26). The van der Waals surface area contributed by atoms with E-state index >= 15 is 0 Å². The summed E-state index contributed by atoms with van der Waals surface area (Å²) in [7, 11) is -3.31. The summed E-state index contributed by atoms with van der Waals surface area (Å²) in [5, 5.41) is 7.18. The molecule has 4 rings (SSSR count). The molecule has 0 bridgehead atoms. The molecule has 164 valence electrons. The number of nitrogens with zero attached hydrogens (tertiary/aromatic N) is 4. The molecule has 2 aromatic rings. The molecule has 9 nitrogen and oxygen atoms in total. The predicted molar refractivity (Wildman–Crippen MR) is 112 cm³/mol. The molecule has 0 radical (unpaired) electrons. The summed E-state index contributed by atoms with van der Waals surface area (Å²) in [6.45, 7) is 7.49. The van der Waals surface area contributed by atoms with Gasteiger partial charge in [-0.2, -0.15) is 5.10 Å². The van der Waals surface area contributed by atoms with Crippen LogP contribution in [0.1, 0.15) is 53.1 Å². The molecule has 0 saturated carbocycles. The SMILES string of the molecule is Cc1cc(C)n2nc(C)c(C(=O)NC3CCN(S(=O)(=O)C4CCOCC4)CC3)c2n1. The van der Waals surface area contributed by atoms with Crippen LogP contribution in [0.3, 0.4) is 0 Å². The number of carbonyl (C=O) groups excluding carboxylic acids is 1. The number of carbonyl (C=O) groups is 1. The molecule has 0 spiro atoms. The number of nitrogens with one attached hydrogen (secondary N) is 1. The molecule has 4 heterocycles. The molecule has 1 amide bonds. The Balaban J connectivity index is 1.43. The first-order valence-corrected chi connectivity index (χ1v) is 12.0. The second kappa shape index (κ2) is 8.24. The Hall–Kier alpha value is -2.04. The topological polar surface area (TPSA) is 106 Å². The first kappa shape index (κ1) is 21.2. The maximum absolute atomic E-state index is 13.0. The first-order chi connectivity index (χ1) is 14.3. The smallest absolute Gasteiger partial charge is 0.257 e. The third kappa shape index (κ3) is 3.95. The van der Waals surface area contributed by atoms with Gasteiger partial charge in [0.05, 0.1) is 10.9 Å². The summed E-state index contributed by atoms with van der Waals surface area (Å²) in [4.78, 5) is 17.5. The zero-order valence-electron chi connectivity index (χ0n) is 17.7. The van der Waals surface area contributed by atoms with E-state index in [0.29, 0.717) is 68.9 Å². The van der Waals surface area contributed by atoms with Crippen molar-refractivity contribution < 1.29 is 17.9 Å². The summed E-state index contributed by atoms with van der Waals surface area (Å²) in [5.74, 6) is -0.203. The van der Waals surface area contributed by atoms with E-state index in [9.17, 15) is 13.2 Å². The normalized spacial score (nSPS) is 20.0. The highest BCUT2D eigenvalue weighted by atomic mass is 32.2. The molecule has 1 N–H and O–H groups in total. The lowest BCUT2D eigenvalue weighted by molar-refractivity contribution is 0.0918. The van der Waals surface area contributed by atoms with Crippen molar-refractivity contribution in [2.75, 3.05) is 26.3 Å². The Morgan fingerprint density at radius 3 is 2.47 bits per heavy atom. The van der Waals surface area contributed by atoms with E-state index in [0.717, 1.165) is 11.4 Å². The number of aryl methyl sites for hydroxylation is 3. The third-order valence-electron chi connectivity index (χ3n) is 6.04. The molecule has 2 saturated heterocycles. The predicted octanol–water partition coefficient (Wildman–Crippen LogP) is 1.36. The second-order valence-corrected chi connectivity index (χ2v) is 10.5. The van der Waals surface area contributed by atoms with Crippen LogP contribution < -0.4 is 5.32 Å². The number of hydrogen-bond donors (Lipinski definition) is 1. The van der Waals surface area contributed by atoms with Crippen LogP contribution in [0.15, 0.2) is 6.07 Å². The van der Waals surface area contributed by atoms with E-state index in [1.54, 1.807) is 15.7 Å². The van der Waals surface area contributed by atoms with E-state index in [2.05, 4.69) is 15.4 Å². The number of amides is 1. The Kier molecular flexibility index (Phi) is 5.82. The molecule has 30 heavy (non-hydrogen) atoms. The van der Waals surface area contributed by atoms with Gasteiger partial charge in [0.25, 0.3) is 5.91 Å². The van der Waals surface area contributed by atoms with E-state index in [1.165, 1.54) is 0 Å². The molecule has 0 unspecified atom stereocenters. The van der Waals surface area contributed by atoms with Crippen molar-refractivity contribution >= 4 is 21.6 Å². The fourth-order valence-corrected chi connectivity index (χ4v) is 6.32. The molecule has 2 fully saturated rings. The van der Waals surface area contributed by atoms with Gasteiger partial charge in [-0.25, -0.2) is 22.2 Å². The quantitative estimate of drug-likeness (QED) is 0.777. The van der Waals surface area contributed by atoms with Gasteiger partial charge in [-0.3, -0.25) is 4.79 Å². The number of rotatable bonds is 4. The average Bonchev–Trinajstić information content (AvgIpc) is 3.05. The van der Waals surface area contributed by atoms with Crippen molar-refractivity contribution in [2.24, 2.45) is 0 Å². The maximum Gasteiger partial charge on any atom is 0.257 e. The molecule has 0 aliphatic carbocycles. The molecule has 2 aromatic heterocycles. The Morgan fingerprint density at radius 1 is 1.13 bits per heavy atom. The monoisotopic (exact) mass is 435 g/mol. The van der Waals surface area contributed by atoms with E-state index in [1.807, 2.05) is 19.9 Å². The van der Waals surface area contributed by atoms with Crippen molar-refractivity contribution in [2.45, 2.75) is 57.7 Å². The summed E-state index contributed by atoms with van der Waals surface area (Å²) >= 11 is 0. The minimum Gasteiger partial charge on any atom is -0.381 e. The highest BCUT2D eigenvalue weighted by Gasteiger charge is 2.36. The lowest BCUT2D eigenvalue weighted by Gasteiger charge is -2.35. The zero-order chi connectivity index (χ0) is 21.5. The van der Waals surface area contributed by atoms with Crippen molar-refractivity contribution in [3.8, 4) is 0 Å². The van der Waals surface area contributed by atoms with Gasteiger partial charge >= 0.3 is 0 Å². The molecular formula is C20H29N5O4S. The average molecular weight is 436 g/mol. The second-order valence-electron chi connectivity index (χ2n) is 8.24. The molecule has 0 aromatic carbocycles. The Bertz CT molecular complexity index is 1050. The van der Waals surface area contributed by atoms with Crippen molar-refractivity contribution in [1.29, 1.82) is 0 Å². The zero-order valence-corrected chi connectivity index (χ0v) is 18.5. The number of hydrogen-bond acceptors (Lipinski definition) is 6. The van der Waals surface area contributed by atoms with Gasteiger partial charge in [0.2, 0.25) is 10.0 Å². The fourth-order valence-electron chi connectivity index (χ4n) is 4.39. The minimum absolute atomic E-state index is 0.0705. The van der Waals surface area contributed by atoms with Gasteiger partial charge in [-0.05, 0) is 52.5 Å². The van der Waals surface area contributed by atoms with Crippen LogP contribution >= 0.6 is 0 Å². The highest BCUT2D eigenvalue weighted by molar-refractivity contribution is 7.89. The van der Waals surface area contributed by atoms with Gasteiger partial charge < -0.3 is 10.1 Å². The van der Waals surface area contributed by atoms with E-state index in [-0.39, 0.29) is 17.2 Å². The molecule has 2 aliphatic rings. The molecule has 2 aliphatic heterocycles. The van der Waals surface area contributed by atoms with Gasteiger partial charge in [0.15, 0.2) is 5.65 Å². The maximum atomic E-state index is 13.0. The van der Waals surface area contributed by atoms with Gasteiger partial charge in [0.1, 0.15) is 5.56 Å². The summed E-state index contributed by atoms with van der Waals surface area (Å²) in [6, 6.07) is 1.86. The third-order valence-corrected chi connectivity index (χ3v) is 8.43. The Morgan fingerprint density at radius 2 is 1.80 bits per heavy atom. The lowest BCUT2D eigenvalue weighted by atomic mass is 10.1. The van der Waals surface area contributed by atoms with Crippen LogP contribution in [0.25, 0.3) is 5.65 Å². The summed E-state index contributed by atoms with van der Waals surface area (Å²) in [5.41, 5.74) is 3.43. The van der Waals surface area contributed by atoms with Gasteiger partial charge in [0, 0.05) is 43.7 Å². The molecule has 0 atom stereocenters. The van der Waals surface area contributed by atoms with Crippen molar-refractivity contribution in [3.05, 3.63) is 28.7 Å². The van der Waals surface area contributed by atoms with Crippen LogP contribution in [0.2, 0.25) is 0 Å². The summed E-state index contributed by atoms with van der Waals surface area (Å²) in [6.07, 6.45) is 2.30. The van der Waals surface area contributed by atoms with Crippen LogP contribution in [0.5, 0.6) is 0 Å². The van der Waals surface area contributed by atoms with Crippen molar-refractivity contribution in [1.82, 2.24) is 24.2 Å². The summed E-state index contributed by atoms with van der Waals surface area (Å²) < 4.78 is 34.3. The molecule has 10 heteroatoms. The first-order valence-electron chi connectivity index (χ1n) is 10.5. The van der Waals surface area contributed by atoms with Crippen LogP contribution in [0, 0.1) is 20.8 Å². The number of aromatic nitrogens is 3. The van der Waals surface area contributed by atoms with Crippen LogP contribution in [-0.2, 0) is 14.8 Å². The number of ether oxygens (including phenoxy) is 1. The van der Waals surface area contributed by atoms with E-state index < -0.39 is 10.0 Å². The van der Waals surface area contributed by atoms with E-state index in [4.69, 9.17) is 4.74 Å². The highest BCUT2D eigenvalue weighted by Crippen LogP contribution is 2.24. The fraction of sp³-hybridized carbons (Fsp3) is 0.650. The number of sulfonamides is 1. The Labute approximate surface area is 176 Å². The van der Waals surface area contributed by atoms with Gasteiger partial charge in [-0.1, -0.05) is 0 Å². The lowest BCUT2D eigenvalue weighted by Crippen LogP contribution is -2.49. The van der Waals surface area contributed by atoms with Crippen LogP contribution in [0.4, 0.5) is 0 Å². The number of fused-ring (bicyclic) bond motifs is 1. The van der Waals surface area contributed by atoms with Gasteiger partial charge in [-0.15, -0.1) is 0 Å². The largest absolute Gasteiger partial charge is 0.381 e.